The van der Waals surface area contributed by atoms with Gasteiger partial charge in [0.2, 0.25) is 0 Å². The number of piperidine rings is 1. The molecule has 2 aromatic rings. The molecule has 0 saturated carbocycles. The monoisotopic (exact) mass is 262 g/mol. The Morgan fingerprint density at radius 2 is 2.39 bits per heavy atom. The first-order chi connectivity index (χ1) is 8.75. The van der Waals surface area contributed by atoms with Crippen LogP contribution in [0.2, 0.25) is 0 Å². The zero-order valence-electron chi connectivity index (χ0n) is 9.70. The molecular weight excluding hydrogens is 250 g/mol. The zero-order valence-corrected chi connectivity index (χ0v) is 10.5. The van der Waals surface area contributed by atoms with Gasteiger partial charge >= 0.3 is 0 Å². The molecule has 0 amide bonds. The molecule has 2 aromatic heterocycles. The van der Waals surface area contributed by atoms with Crippen LogP contribution in [0.15, 0.2) is 17.8 Å². The van der Waals surface area contributed by atoms with Crippen molar-refractivity contribution >= 4 is 33.3 Å². The lowest BCUT2D eigenvalue weighted by molar-refractivity contribution is -0.311. The first kappa shape index (κ1) is 11.4. The summed E-state index contributed by atoms with van der Waals surface area (Å²) in [6, 6.07) is 1.98. The number of hydrogen-bond donors (Lipinski definition) is 0. The third-order valence-corrected chi connectivity index (χ3v) is 4.12. The molecule has 5 nitrogen and oxygen atoms in total. The van der Waals surface area contributed by atoms with Crippen LogP contribution in [0.1, 0.15) is 12.8 Å². The Kier molecular flexibility index (Phi) is 2.87. The maximum Gasteiger partial charge on any atom is 0.140 e. The Balaban J connectivity index is 1.94. The molecule has 1 fully saturated rings. The first-order valence-electron chi connectivity index (χ1n) is 5.89. The number of rotatable bonds is 2. The maximum atomic E-state index is 11.0. The van der Waals surface area contributed by atoms with Crippen LogP contribution in [-0.2, 0) is 4.79 Å². The second kappa shape index (κ2) is 4.53. The highest BCUT2D eigenvalue weighted by Gasteiger charge is 2.23. The van der Waals surface area contributed by atoms with Crippen LogP contribution in [-0.4, -0.2) is 29.0 Å². The highest BCUT2D eigenvalue weighted by Crippen LogP contribution is 2.29. The summed E-state index contributed by atoms with van der Waals surface area (Å²) < 4.78 is 0. The van der Waals surface area contributed by atoms with Gasteiger partial charge in [-0.25, -0.2) is 9.97 Å². The van der Waals surface area contributed by atoms with E-state index >= 15 is 0 Å². The Morgan fingerprint density at radius 3 is 3.22 bits per heavy atom. The van der Waals surface area contributed by atoms with Gasteiger partial charge in [0.1, 0.15) is 17.0 Å². The fraction of sp³-hybridized carbons (Fsp3) is 0.417. The van der Waals surface area contributed by atoms with Gasteiger partial charge in [-0.1, -0.05) is 0 Å². The number of carboxylic acids is 1. The Hall–Kier alpha value is -1.69. The van der Waals surface area contributed by atoms with Gasteiger partial charge in [-0.05, 0) is 24.3 Å². The summed E-state index contributed by atoms with van der Waals surface area (Å²) in [6.07, 6.45) is 3.09. The number of thiophene rings is 1. The molecule has 3 heterocycles. The molecule has 0 N–H and O–H groups in total. The van der Waals surface area contributed by atoms with Gasteiger partial charge in [-0.15, -0.1) is 11.3 Å². The van der Waals surface area contributed by atoms with E-state index in [1.807, 2.05) is 16.3 Å². The molecule has 0 bridgehead atoms. The maximum absolute atomic E-state index is 11.0. The normalized spacial score (nSPS) is 20.2. The average molecular weight is 262 g/mol. The van der Waals surface area contributed by atoms with E-state index in [0.29, 0.717) is 13.0 Å². The number of carbonyl (C=O) groups is 1. The van der Waals surface area contributed by atoms with Gasteiger partial charge in [0.15, 0.2) is 0 Å². The van der Waals surface area contributed by atoms with Gasteiger partial charge < -0.3 is 14.8 Å². The van der Waals surface area contributed by atoms with E-state index in [9.17, 15) is 9.90 Å². The molecule has 94 valence electrons. The fourth-order valence-corrected chi connectivity index (χ4v) is 3.12. The van der Waals surface area contributed by atoms with Crippen LogP contribution in [0.3, 0.4) is 0 Å². The minimum Gasteiger partial charge on any atom is -0.550 e. The molecular formula is C12H12N3O2S-. The molecule has 0 radical (unpaired) electrons. The fourth-order valence-electron chi connectivity index (χ4n) is 2.39. The molecule has 1 aliphatic rings. The van der Waals surface area contributed by atoms with E-state index in [0.717, 1.165) is 29.0 Å². The quantitative estimate of drug-likeness (QED) is 0.795. The van der Waals surface area contributed by atoms with Crippen molar-refractivity contribution in [1.82, 2.24) is 9.97 Å². The van der Waals surface area contributed by atoms with Crippen LogP contribution in [0.25, 0.3) is 10.2 Å². The highest BCUT2D eigenvalue weighted by molar-refractivity contribution is 7.16. The third kappa shape index (κ3) is 1.92. The van der Waals surface area contributed by atoms with Gasteiger partial charge in [-0.2, -0.15) is 0 Å². The van der Waals surface area contributed by atoms with Crippen molar-refractivity contribution in [2.75, 3.05) is 18.0 Å². The molecule has 1 atom stereocenters. The van der Waals surface area contributed by atoms with E-state index in [1.54, 1.807) is 11.3 Å². The summed E-state index contributed by atoms with van der Waals surface area (Å²) in [4.78, 5) is 22.5. The predicted octanol–water partition coefficient (Wildman–Crippen LogP) is 0.658. The van der Waals surface area contributed by atoms with Gasteiger partial charge in [0.05, 0.1) is 5.39 Å². The second-order valence-corrected chi connectivity index (χ2v) is 5.34. The molecule has 0 unspecified atom stereocenters. The predicted molar refractivity (Wildman–Crippen MR) is 67.4 cm³/mol. The van der Waals surface area contributed by atoms with E-state index in [-0.39, 0.29) is 0 Å². The van der Waals surface area contributed by atoms with E-state index in [4.69, 9.17) is 0 Å². The van der Waals surface area contributed by atoms with E-state index in [1.165, 1.54) is 6.33 Å². The summed E-state index contributed by atoms with van der Waals surface area (Å²) in [5, 5.41) is 14.0. The molecule has 0 spiro atoms. The van der Waals surface area contributed by atoms with Crippen LogP contribution < -0.4 is 10.0 Å². The van der Waals surface area contributed by atoms with Gasteiger partial charge in [0.25, 0.3) is 0 Å². The van der Waals surface area contributed by atoms with Gasteiger partial charge in [0, 0.05) is 25.0 Å². The molecule has 0 aliphatic carbocycles. The smallest absolute Gasteiger partial charge is 0.140 e. The Labute approximate surface area is 108 Å². The summed E-state index contributed by atoms with van der Waals surface area (Å²) in [7, 11) is 0. The molecule has 0 aromatic carbocycles. The Morgan fingerprint density at radius 1 is 1.50 bits per heavy atom. The van der Waals surface area contributed by atoms with Crippen LogP contribution >= 0.6 is 11.3 Å². The molecule has 1 aliphatic heterocycles. The topological polar surface area (TPSA) is 69.2 Å². The minimum absolute atomic E-state index is 0.401. The number of aromatic nitrogens is 2. The largest absolute Gasteiger partial charge is 0.550 e. The summed E-state index contributed by atoms with van der Waals surface area (Å²) in [5.74, 6) is -0.523. The van der Waals surface area contributed by atoms with Crippen molar-refractivity contribution in [1.29, 1.82) is 0 Å². The van der Waals surface area contributed by atoms with Crippen molar-refractivity contribution in [3.05, 3.63) is 17.8 Å². The number of fused-ring (bicyclic) bond motifs is 1. The van der Waals surface area contributed by atoms with Crippen molar-refractivity contribution in [2.45, 2.75) is 12.8 Å². The first-order valence-corrected chi connectivity index (χ1v) is 6.77. The van der Waals surface area contributed by atoms with Crippen LogP contribution in [0.4, 0.5) is 5.82 Å². The SMILES string of the molecule is O=C([O-])[C@H]1CCCN(c2ncnc3sccc23)C1. The lowest BCUT2D eigenvalue weighted by Gasteiger charge is -2.34. The number of carboxylic acid groups (broad SMARTS) is 1. The highest BCUT2D eigenvalue weighted by atomic mass is 32.1. The molecule has 3 rings (SSSR count). The summed E-state index contributed by atoms with van der Waals surface area (Å²) >= 11 is 1.57. The van der Waals surface area contributed by atoms with E-state index in [2.05, 4.69) is 9.97 Å². The number of anilines is 1. The van der Waals surface area contributed by atoms with Crippen molar-refractivity contribution in [3.63, 3.8) is 0 Å². The molecule has 1 saturated heterocycles. The zero-order chi connectivity index (χ0) is 12.5. The van der Waals surface area contributed by atoms with Crippen LogP contribution in [0.5, 0.6) is 0 Å². The summed E-state index contributed by atoms with van der Waals surface area (Å²) in [5.41, 5.74) is 0. The van der Waals surface area contributed by atoms with Crippen molar-refractivity contribution in [2.24, 2.45) is 5.92 Å². The lowest BCUT2D eigenvalue weighted by atomic mass is 9.98. The van der Waals surface area contributed by atoms with Crippen molar-refractivity contribution in [3.8, 4) is 0 Å². The third-order valence-electron chi connectivity index (χ3n) is 3.29. The Bertz CT molecular complexity index is 583. The number of hydrogen-bond acceptors (Lipinski definition) is 6. The van der Waals surface area contributed by atoms with E-state index < -0.39 is 11.9 Å². The average Bonchev–Trinajstić information content (AvgIpc) is 2.87. The standard InChI is InChI=1S/C12H13N3O2S/c16-12(17)8-2-1-4-15(6-8)10-9-3-5-18-11(9)14-7-13-10/h3,5,7-8H,1-2,4,6H2,(H,16,17)/p-1/t8-/m0/s1. The minimum atomic E-state index is -0.963. The summed E-state index contributed by atoms with van der Waals surface area (Å²) in [6.45, 7) is 1.32. The molecule has 6 heteroatoms. The lowest BCUT2D eigenvalue weighted by Crippen LogP contribution is -2.44. The number of carbonyl (C=O) groups excluding carboxylic acids is 1. The second-order valence-electron chi connectivity index (χ2n) is 4.44. The van der Waals surface area contributed by atoms with Crippen LogP contribution in [0, 0.1) is 5.92 Å². The number of nitrogens with zero attached hydrogens (tertiary/aromatic N) is 3. The van der Waals surface area contributed by atoms with Gasteiger partial charge in [-0.3, -0.25) is 0 Å². The molecule has 18 heavy (non-hydrogen) atoms. The number of aliphatic carboxylic acids is 1. The van der Waals surface area contributed by atoms with Crippen molar-refractivity contribution < 1.29 is 9.90 Å².